The zero-order chi connectivity index (χ0) is 15.0. The van der Waals surface area contributed by atoms with Gasteiger partial charge in [0.15, 0.2) is 0 Å². The van der Waals surface area contributed by atoms with E-state index in [0.29, 0.717) is 5.92 Å². The van der Waals surface area contributed by atoms with Crippen molar-refractivity contribution in [2.75, 3.05) is 0 Å². The van der Waals surface area contributed by atoms with Crippen LogP contribution in [0.25, 0.3) is 0 Å². The molecule has 0 aromatic heterocycles. The lowest BCUT2D eigenvalue weighted by Crippen LogP contribution is -2.11. The summed E-state index contributed by atoms with van der Waals surface area (Å²) < 4.78 is 13.7. The van der Waals surface area contributed by atoms with Gasteiger partial charge in [-0.3, -0.25) is 0 Å². The van der Waals surface area contributed by atoms with Gasteiger partial charge in [-0.1, -0.05) is 38.1 Å². The van der Waals surface area contributed by atoms with Crippen molar-refractivity contribution in [2.45, 2.75) is 37.0 Å². The number of thioether (sulfide) groups is 1. The minimum atomic E-state index is -0.175. The Kier molecular flexibility index (Phi) is 4.05. The summed E-state index contributed by atoms with van der Waals surface area (Å²) in [6, 6.07) is 11.2. The monoisotopic (exact) mass is 302 g/mol. The summed E-state index contributed by atoms with van der Waals surface area (Å²) in [6.07, 6.45) is 0. The van der Waals surface area contributed by atoms with Gasteiger partial charge in [0.25, 0.3) is 0 Å². The van der Waals surface area contributed by atoms with Crippen molar-refractivity contribution >= 4 is 11.8 Å². The van der Waals surface area contributed by atoms with E-state index in [1.165, 1.54) is 11.1 Å². The van der Waals surface area contributed by atoms with E-state index in [1.54, 1.807) is 23.9 Å². The number of rotatable bonds is 2. The molecule has 0 bridgehead atoms. The van der Waals surface area contributed by atoms with Crippen molar-refractivity contribution in [3.63, 3.8) is 0 Å². The Morgan fingerprint density at radius 3 is 2.76 bits per heavy atom. The normalized spacial score (nSPS) is 17.3. The fourth-order valence-electron chi connectivity index (χ4n) is 3.17. The fourth-order valence-corrected chi connectivity index (χ4v) is 4.41. The van der Waals surface area contributed by atoms with Crippen molar-refractivity contribution in [2.24, 2.45) is 5.92 Å². The molecule has 0 saturated carbocycles. The van der Waals surface area contributed by atoms with E-state index in [0.717, 1.165) is 21.8 Å². The maximum absolute atomic E-state index is 13.7. The quantitative estimate of drug-likeness (QED) is 0.867. The van der Waals surface area contributed by atoms with Crippen LogP contribution in [0, 0.1) is 11.7 Å². The average Bonchev–Trinajstić information content (AvgIpc) is 2.62. The standard InChI is InChI=1S/C18H19FOS/c1-11(2)17-15-5-3-4-12(9-20)18(15)21-10-13-6-7-14(19)8-16(13)17/h3-8,11,17,20H,9-10H2,1-2H3. The molecule has 110 valence electrons. The number of benzene rings is 2. The Bertz CT molecular complexity index is 666. The zero-order valence-electron chi connectivity index (χ0n) is 12.3. The van der Waals surface area contributed by atoms with Crippen LogP contribution in [0.3, 0.4) is 0 Å². The topological polar surface area (TPSA) is 20.2 Å². The molecule has 3 heteroatoms. The highest BCUT2D eigenvalue weighted by Gasteiger charge is 2.28. The Morgan fingerprint density at radius 1 is 1.24 bits per heavy atom. The molecule has 21 heavy (non-hydrogen) atoms. The van der Waals surface area contributed by atoms with Gasteiger partial charge in [-0.25, -0.2) is 4.39 Å². The second-order valence-electron chi connectivity index (χ2n) is 5.85. The molecule has 0 fully saturated rings. The molecule has 0 saturated heterocycles. The lowest BCUT2D eigenvalue weighted by atomic mass is 9.80. The highest BCUT2D eigenvalue weighted by Crippen LogP contribution is 2.45. The summed E-state index contributed by atoms with van der Waals surface area (Å²) >= 11 is 1.75. The molecule has 0 radical (unpaired) electrons. The molecule has 3 rings (SSSR count). The molecular formula is C18H19FOS. The third kappa shape index (κ3) is 2.60. The summed E-state index contributed by atoms with van der Waals surface area (Å²) in [4.78, 5) is 1.16. The van der Waals surface area contributed by atoms with Crippen LogP contribution in [0.15, 0.2) is 41.3 Å². The van der Waals surface area contributed by atoms with Crippen molar-refractivity contribution in [1.82, 2.24) is 0 Å². The van der Waals surface area contributed by atoms with Gasteiger partial charge < -0.3 is 5.11 Å². The summed E-state index contributed by atoms with van der Waals surface area (Å²) in [7, 11) is 0. The third-order valence-electron chi connectivity index (χ3n) is 4.11. The SMILES string of the molecule is CC(C)C1c2cc(F)ccc2CSc2c(CO)cccc21. The minimum Gasteiger partial charge on any atom is -0.392 e. The molecule has 0 spiro atoms. The van der Waals surface area contributed by atoms with Crippen molar-refractivity contribution in [3.05, 3.63) is 64.5 Å². The van der Waals surface area contributed by atoms with Crippen molar-refractivity contribution < 1.29 is 9.50 Å². The van der Waals surface area contributed by atoms with Crippen LogP contribution in [-0.4, -0.2) is 5.11 Å². The first-order valence-electron chi connectivity index (χ1n) is 7.25. The summed E-state index contributed by atoms with van der Waals surface area (Å²) in [5.74, 6) is 1.19. The van der Waals surface area contributed by atoms with Crippen LogP contribution in [0.4, 0.5) is 4.39 Å². The summed E-state index contributed by atoms with van der Waals surface area (Å²) in [5.41, 5.74) is 4.47. The molecule has 2 aromatic carbocycles. The number of aliphatic hydroxyl groups is 1. The zero-order valence-corrected chi connectivity index (χ0v) is 13.1. The molecule has 1 N–H and O–H groups in total. The van der Waals surface area contributed by atoms with Crippen LogP contribution in [0.5, 0.6) is 0 Å². The first-order valence-corrected chi connectivity index (χ1v) is 8.24. The summed E-state index contributed by atoms with van der Waals surface area (Å²) in [5, 5.41) is 9.60. The highest BCUT2D eigenvalue weighted by molar-refractivity contribution is 7.98. The maximum atomic E-state index is 13.7. The average molecular weight is 302 g/mol. The van der Waals surface area contributed by atoms with E-state index in [-0.39, 0.29) is 18.3 Å². The van der Waals surface area contributed by atoms with E-state index in [9.17, 15) is 9.50 Å². The number of fused-ring (bicyclic) bond motifs is 2. The predicted octanol–water partition coefficient (Wildman–Crippen LogP) is 4.71. The van der Waals surface area contributed by atoms with E-state index < -0.39 is 0 Å². The van der Waals surface area contributed by atoms with Gasteiger partial charge in [0.05, 0.1) is 6.61 Å². The van der Waals surface area contributed by atoms with Gasteiger partial charge in [-0.05, 0) is 40.3 Å². The lowest BCUT2D eigenvalue weighted by molar-refractivity contribution is 0.278. The molecular weight excluding hydrogens is 283 g/mol. The van der Waals surface area contributed by atoms with E-state index >= 15 is 0 Å². The third-order valence-corrected chi connectivity index (χ3v) is 5.36. The summed E-state index contributed by atoms with van der Waals surface area (Å²) in [6.45, 7) is 4.39. The lowest BCUT2D eigenvalue weighted by Gasteiger charge is -2.24. The van der Waals surface area contributed by atoms with Crippen molar-refractivity contribution in [3.8, 4) is 0 Å². The fraction of sp³-hybridized carbons (Fsp3) is 0.333. The molecule has 2 aromatic rings. The Hall–Kier alpha value is -1.32. The van der Waals surface area contributed by atoms with E-state index in [1.807, 2.05) is 18.2 Å². The van der Waals surface area contributed by atoms with Gasteiger partial charge >= 0.3 is 0 Å². The molecule has 1 aliphatic heterocycles. The Morgan fingerprint density at radius 2 is 2.05 bits per heavy atom. The van der Waals surface area contributed by atoms with Crippen LogP contribution in [-0.2, 0) is 12.4 Å². The highest BCUT2D eigenvalue weighted by atomic mass is 32.2. The smallest absolute Gasteiger partial charge is 0.123 e. The molecule has 0 amide bonds. The van der Waals surface area contributed by atoms with Gasteiger partial charge in [0.1, 0.15) is 5.82 Å². The van der Waals surface area contributed by atoms with Gasteiger partial charge in [0.2, 0.25) is 0 Å². The molecule has 0 aliphatic carbocycles. The maximum Gasteiger partial charge on any atom is 0.123 e. The van der Waals surface area contributed by atoms with Gasteiger partial charge in [0, 0.05) is 16.6 Å². The molecule has 1 aliphatic rings. The number of halogens is 1. The number of hydrogen-bond acceptors (Lipinski definition) is 2. The second kappa shape index (κ2) is 5.82. The van der Waals surface area contributed by atoms with Crippen LogP contribution in [0.2, 0.25) is 0 Å². The Balaban J connectivity index is 2.24. The van der Waals surface area contributed by atoms with Crippen LogP contribution < -0.4 is 0 Å². The van der Waals surface area contributed by atoms with Crippen LogP contribution >= 0.6 is 11.8 Å². The molecule has 1 heterocycles. The van der Waals surface area contributed by atoms with Crippen LogP contribution in [0.1, 0.15) is 42.0 Å². The van der Waals surface area contributed by atoms with Gasteiger partial charge in [-0.15, -0.1) is 11.8 Å². The van der Waals surface area contributed by atoms with Crippen molar-refractivity contribution in [1.29, 1.82) is 0 Å². The molecule has 1 nitrogen and oxygen atoms in total. The van der Waals surface area contributed by atoms with E-state index in [2.05, 4.69) is 19.9 Å². The number of hydrogen-bond donors (Lipinski definition) is 1. The van der Waals surface area contributed by atoms with Gasteiger partial charge in [-0.2, -0.15) is 0 Å². The Labute approximate surface area is 129 Å². The molecule has 1 atom stereocenters. The number of aliphatic hydroxyl groups excluding tert-OH is 1. The first kappa shape index (κ1) is 14.6. The largest absolute Gasteiger partial charge is 0.392 e. The second-order valence-corrected chi connectivity index (χ2v) is 6.83. The molecule has 1 unspecified atom stereocenters. The minimum absolute atomic E-state index is 0.0473. The predicted molar refractivity (Wildman–Crippen MR) is 85.0 cm³/mol. The van der Waals surface area contributed by atoms with E-state index in [4.69, 9.17) is 0 Å². The first-order chi connectivity index (χ1) is 10.1.